The van der Waals surface area contributed by atoms with Gasteiger partial charge in [0.05, 0.1) is 12.3 Å². The lowest BCUT2D eigenvalue weighted by atomic mass is 10.1. The number of ether oxygens (including phenoxy) is 1. The number of benzene rings is 2. The highest BCUT2D eigenvalue weighted by Crippen LogP contribution is 2.25. The minimum atomic E-state index is -0.276. The van der Waals surface area contributed by atoms with E-state index in [0.29, 0.717) is 29.2 Å². The van der Waals surface area contributed by atoms with Crippen molar-refractivity contribution in [1.82, 2.24) is 20.2 Å². The molecule has 0 aliphatic rings. The van der Waals surface area contributed by atoms with Crippen LogP contribution in [-0.2, 0) is 17.9 Å². The van der Waals surface area contributed by atoms with Gasteiger partial charge in [0.15, 0.2) is 0 Å². The van der Waals surface area contributed by atoms with Gasteiger partial charge in [0.2, 0.25) is 11.1 Å². The summed E-state index contributed by atoms with van der Waals surface area (Å²) in [5.41, 5.74) is 5.03. The van der Waals surface area contributed by atoms with Gasteiger partial charge in [-0.15, -0.1) is 10.2 Å². The second kappa shape index (κ2) is 10.7. The summed E-state index contributed by atoms with van der Waals surface area (Å²) in [6.07, 6.45) is 0. The standard InChI is InChI=1S/C23H28ClN5O2S/c1-16-27-28-22(32-15-21(30)26-23(2,3)4)29(16)25-13-18-12-19(24)10-11-20(18)31-14-17-8-6-5-7-9-17/h5-12,25H,13-15H2,1-4H3,(H,26,30). The maximum Gasteiger partial charge on any atom is 0.230 e. The van der Waals surface area contributed by atoms with Crippen molar-refractivity contribution in [2.24, 2.45) is 0 Å². The maximum atomic E-state index is 12.2. The van der Waals surface area contributed by atoms with Gasteiger partial charge in [-0.3, -0.25) is 4.79 Å². The van der Waals surface area contributed by atoms with Gasteiger partial charge in [-0.25, -0.2) is 4.68 Å². The number of hydrogen-bond donors (Lipinski definition) is 2. The van der Waals surface area contributed by atoms with Gasteiger partial charge in [0.1, 0.15) is 18.2 Å². The fourth-order valence-electron chi connectivity index (χ4n) is 2.93. The van der Waals surface area contributed by atoms with Crippen molar-refractivity contribution in [3.8, 4) is 5.75 Å². The zero-order valence-corrected chi connectivity index (χ0v) is 20.3. The van der Waals surface area contributed by atoms with E-state index in [4.69, 9.17) is 16.3 Å². The van der Waals surface area contributed by atoms with E-state index in [9.17, 15) is 4.79 Å². The minimum Gasteiger partial charge on any atom is -0.489 e. The van der Waals surface area contributed by atoms with Crippen LogP contribution in [0.1, 0.15) is 37.7 Å². The van der Waals surface area contributed by atoms with Crippen LogP contribution in [0.15, 0.2) is 53.7 Å². The Balaban J connectivity index is 1.66. The fourth-order valence-corrected chi connectivity index (χ4v) is 3.88. The molecule has 0 spiro atoms. The second-order valence-corrected chi connectivity index (χ2v) is 9.69. The molecule has 0 aliphatic carbocycles. The number of hydrogen-bond acceptors (Lipinski definition) is 6. The Morgan fingerprint density at radius 1 is 1.16 bits per heavy atom. The Kier molecular flexibility index (Phi) is 8.04. The van der Waals surface area contributed by atoms with E-state index in [2.05, 4.69) is 20.9 Å². The average molecular weight is 474 g/mol. The maximum absolute atomic E-state index is 12.2. The number of nitrogens with zero attached hydrogens (tertiary/aromatic N) is 3. The van der Waals surface area contributed by atoms with Gasteiger partial charge < -0.3 is 15.5 Å². The molecule has 0 fully saturated rings. The van der Waals surface area contributed by atoms with E-state index in [1.807, 2.05) is 76.2 Å². The summed E-state index contributed by atoms with van der Waals surface area (Å²) < 4.78 is 7.81. The summed E-state index contributed by atoms with van der Waals surface area (Å²) in [5.74, 6) is 1.63. The summed E-state index contributed by atoms with van der Waals surface area (Å²) in [6.45, 7) is 8.62. The van der Waals surface area contributed by atoms with Crippen LogP contribution in [0, 0.1) is 6.92 Å². The Labute approximate surface area is 197 Å². The van der Waals surface area contributed by atoms with Crippen LogP contribution in [0.5, 0.6) is 5.75 Å². The average Bonchev–Trinajstić information content (AvgIpc) is 3.09. The first-order valence-corrected chi connectivity index (χ1v) is 11.6. The van der Waals surface area contributed by atoms with Gasteiger partial charge in [0.25, 0.3) is 0 Å². The number of carbonyl (C=O) groups excluding carboxylic acids is 1. The highest BCUT2D eigenvalue weighted by atomic mass is 35.5. The van der Waals surface area contributed by atoms with Gasteiger partial charge >= 0.3 is 0 Å². The molecule has 32 heavy (non-hydrogen) atoms. The lowest BCUT2D eigenvalue weighted by molar-refractivity contribution is -0.119. The molecular formula is C23H28ClN5O2S. The third-order valence-corrected chi connectivity index (χ3v) is 5.49. The number of thioether (sulfide) groups is 1. The minimum absolute atomic E-state index is 0.0545. The smallest absolute Gasteiger partial charge is 0.230 e. The van der Waals surface area contributed by atoms with Crippen LogP contribution in [0.25, 0.3) is 0 Å². The topological polar surface area (TPSA) is 81.1 Å². The number of nitrogens with one attached hydrogen (secondary N) is 2. The molecule has 9 heteroatoms. The molecule has 0 saturated carbocycles. The summed E-state index contributed by atoms with van der Waals surface area (Å²) in [6, 6.07) is 15.5. The molecule has 0 radical (unpaired) electrons. The van der Waals surface area contributed by atoms with Gasteiger partial charge in [-0.1, -0.05) is 53.7 Å². The summed E-state index contributed by atoms with van der Waals surface area (Å²) in [4.78, 5) is 12.2. The van der Waals surface area contributed by atoms with Gasteiger partial charge in [-0.2, -0.15) is 0 Å². The predicted molar refractivity (Wildman–Crippen MR) is 129 cm³/mol. The molecule has 0 saturated heterocycles. The number of amides is 1. The molecular weight excluding hydrogens is 446 g/mol. The number of carbonyl (C=O) groups is 1. The summed E-state index contributed by atoms with van der Waals surface area (Å²) in [7, 11) is 0. The van der Waals surface area contributed by atoms with E-state index in [1.54, 1.807) is 4.68 Å². The first-order valence-electron chi connectivity index (χ1n) is 10.3. The Bertz CT molecular complexity index is 1050. The van der Waals surface area contributed by atoms with Crippen molar-refractivity contribution in [3.05, 3.63) is 70.5 Å². The van der Waals surface area contributed by atoms with Crippen molar-refractivity contribution in [1.29, 1.82) is 0 Å². The predicted octanol–water partition coefficient (Wildman–Crippen LogP) is 4.57. The highest BCUT2D eigenvalue weighted by Gasteiger charge is 2.16. The largest absolute Gasteiger partial charge is 0.489 e. The van der Waals surface area contributed by atoms with Crippen LogP contribution in [0.2, 0.25) is 5.02 Å². The molecule has 170 valence electrons. The molecule has 1 heterocycles. The Morgan fingerprint density at radius 2 is 1.91 bits per heavy atom. The first-order chi connectivity index (χ1) is 15.2. The molecule has 1 aromatic heterocycles. The number of rotatable bonds is 9. The van der Waals surface area contributed by atoms with Crippen LogP contribution in [-0.4, -0.2) is 32.1 Å². The normalized spacial score (nSPS) is 11.3. The van der Waals surface area contributed by atoms with Crippen molar-refractivity contribution < 1.29 is 9.53 Å². The zero-order chi connectivity index (χ0) is 23.1. The molecule has 7 nitrogen and oxygen atoms in total. The molecule has 0 atom stereocenters. The SMILES string of the molecule is Cc1nnc(SCC(=O)NC(C)(C)C)n1NCc1cc(Cl)ccc1OCc1ccccc1. The van der Waals surface area contributed by atoms with Crippen LogP contribution in [0.4, 0.5) is 0 Å². The van der Waals surface area contributed by atoms with E-state index in [-0.39, 0.29) is 17.2 Å². The molecule has 2 aromatic carbocycles. The molecule has 1 amide bonds. The fraction of sp³-hybridized carbons (Fsp3) is 0.348. The molecule has 3 rings (SSSR count). The summed E-state index contributed by atoms with van der Waals surface area (Å²) >= 11 is 7.56. The summed E-state index contributed by atoms with van der Waals surface area (Å²) in [5, 5.41) is 12.5. The van der Waals surface area contributed by atoms with Crippen molar-refractivity contribution >= 4 is 29.3 Å². The van der Waals surface area contributed by atoms with Gasteiger partial charge in [0, 0.05) is 16.1 Å². The van der Waals surface area contributed by atoms with E-state index in [1.165, 1.54) is 11.8 Å². The highest BCUT2D eigenvalue weighted by molar-refractivity contribution is 7.99. The number of halogens is 1. The van der Waals surface area contributed by atoms with Crippen molar-refractivity contribution in [2.75, 3.05) is 11.2 Å². The van der Waals surface area contributed by atoms with Gasteiger partial charge in [-0.05, 0) is 51.5 Å². The molecule has 0 bridgehead atoms. The van der Waals surface area contributed by atoms with Crippen LogP contribution >= 0.6 is 23.4 Å². The van der Waals surface area contributed by atoms with E-state index >= 15 is 0 Å². The lowest BCUT2D eigenvalue weighted by Gasteiger charge is -2.20. The zero-order valence-electron chi connectivity index (χ0n) is 18.7. The molecule has 2 N–H and O–H groups in total. The molecule has 0 unspecified atom stereocenters. The van der Waals surface area contributed by atoms with Crippen molar-refractivity contribution in [3.63, 3.8) is 0 Å². The third-order valence-electron chi connectivity index (χ3n) is 4.33. The Morgan fingerprint density at radius 3 is 2.62 bits per heavy atom. The molecule has 3 aromatic rings. The van der Waals surface area contributed by atoms with E-state index < -0.39 is 0 Å². The van der Waals surface area contributed by atoms with Crippen molar-refractivity contribution in [2.45, 2.75) is 51.5 Å². The Hall–Kier alpha value is -2.71. The monoisotopic (exact) mass is 473 g/mol. The number of aryl methyl sites for hydroxylation is 1. The second-order valence-electron chi connectivity index (χ2n) is 8.31. The molecule has 0 aliphatic heterocycles. The number of aromatic nitrogens is 3. The van der Waals surface area contributed by atoms with E-state index in [0.717, 1.165) is 16.9 Å². The third kappa shape index (κ3) is 7.17. The van der Waals surface area contributed by atoms with Crippen LogP contribution in [0.3, 0.4) is 0 Å². The quantitative estimate of drug-likeness (QED) is 0.443. The lowest BCUT2D eigenvalue weighted by Crippen LogP contribution is -2.41. The van der Waals surface area contributed by atoms with Crippen LogP contribution < -0.4 is 15.5 Å². The first kappa shape index (κ1) is 23.9.